The van der Waals surface area contributed by atoms with Crippen molar-refractivity contribution in [2.45, 2.75) is 32.9 Å². The van der Waals surface area contributed by atoms with Crippen LogP contribution in [-0.4, -0.2) is 14.7 Å². The zero-order valence-electron chi connectivity index (χ0n) is 19.4. The van der Waals surface area contributed by atoms with Gasteiger partial charge < -0.3 is 14.8 Å². The van der Waals surface area contributed by atoms with Crippen LogP contribution in [-0.2, 0) is 0 Å². The Morgan fingerprint density at radius 1 is 1.00 bits per heavy atom. The van der Waals surface area contributed by atoms with E-state index in [0.717, 1.165) is 44.1 Å². The van der Waals surface area contributed by atoms with Crippen LogP contribution in [0.1, 0.15) is 40.3 Å². The van der Waals surface area contributed by atoms with Gasteiger partial charge in [0.2, 0.25) is 0 Å². The predicted octanol–water partition coefficient (Wildman–Crippen LogP) is 8.04. The summed E-state index contributed by atoms with van der Waals surface area (Å²) in [5.74, 6) is 0. The molecular formula is C27H23BrCl2N4S. The van der Waals surface area contributed by atoms with E-state index in [9.17, 15) is 0 Å². The third kappa shape index (κ3) is 4.38. The van der Waals surface area contributed by atoms with Crippen molar-refractivity contribution in [2.24, 2.45) is 0 Å². The van der Waals surface area contributed by atoms with Crippen molar-refractivity contribution in [3.8, 4) is 5.69 Å². The molecule has 1 aliphatic heterocycles. The van der Waals surface area contributed by atoms with Gasteiger partial charge in [-0.05, 0) is 98.7 Å². The molecule has 0 bridgehead atoms. The third-order valence-corrected chi connectivity index (χ3v) is 8.20. The fourth-order valence-electron chi connectivity index (χ4n) is 4.85. The summed E-state index contributed by atoms with van der Waals surface area (Å²) >= 11 is 22.3. The topological polar surface area (TPSA) is 33.1 Å². The van der Waals surface area contributed by atoms with Crippen molar-refractivity contribution in [1.29, 1.82) is 0 Å². The lowest BCUT2D eigenvalue weighted by Gasteiger charge is -2.28. The first-order valence-corrected chi connectivity index (χ1v) is 13.1. The molecule has 1 saturated heterocycles. The summed E-state index contributed by atoms with van der Waals surface area (Å²) in [6.07, 6.45) is 1.82. The Labute approximate surface area is 229 Å². The highest BCUT2D eigenvalue weighted by atomic mass is 79.9. The second-order valence-corrected chi connectivity index (χ2v) is 10.8. The van der Waals surface area contributed by atoms with Crippen molar-refractivity contribution in [3.05, 3.63) is 110 Å². The number of thiocarbonyl (C=S) groups is 1. The average Bonchev–Trinajstić information content (AvgIpc) is 3.32. The second-order valence-electron chi connectivity index (χ2n) is 8.69. The van der Waals surface area contributed by atoms with Crippen LogP contribution in [0.3, 0.4) is 0 Å². The Kier molecular flexibility index (Phi) is 6.66. The van der Waals surface area contributed by atoms with Gasteiger partial charge in [0.05, 0.1) is 28.5 Å². The molecule has 4 nitrogen and oxygen atoms in total. The van der Waals surface area contributed by atoms with Crippen LogP contribution in [0.15, 0.2) is 71.3 Å². The highest BCUT2D eigenvalue weighted by Gasteiger charge is 2.42. The third-order valence-electron chi connectivity index (χ3n) is 6.46. The molecule has 1 aliphatic rings. The number of hydrogen-bond acceptors (Lipinski definition) is 2. The van der Waals surface area contributed by atoms with Gasteiger partial charge in [0, 0.05) is 32.8 Å². The number of hydrogen-bond donors (Lipinski definition) is 1. The molecule has 0 unspecified atom stereocenters. The maximum atomic E-state index is 6.62. The lowest BCUT2D eigenvalue weighted by atomic mass is 9.96. The molecule has 5 rings (SSSR count). The van der Waals surface area contributed by atoms with Gasteiger partial charge in [0.25, 0.3) is 0 Å². The molecule has 0 amide bonds. The lowest BCUT2D eigenvalue weighted by molar-refractivity contribution is 0.565. The Bertz CT molecular complexity index is 1440. The first-order chi connectivity index (χ1) is 16.8. The number of nitrogens with one attached hydrogen (secondary N) is 1. The lowest BCUT2D eigenvalue weighted by Crippen LogP contribution is -2.29. The fraction of sp³-hybridized carbons (Fsp3) is 0.185. The van der Waals surface area contributed by atoms with Crippen LogP contribution in [0.2, 0.25) is 10.0 Å². The molecule has 2 atom stereocenters. The van der Waals surface area contributed by atoms with E-state index in [0.29, 0.717) is 15.2 Å². The highest BCUT2D eigenvalue weighted by Crippen LogP contribution is 2.44. The van der Waals surface area contributed by atoms with Crippen LogP contribution >= 0.6 is 51.3 Å². The molecule has 3 heterocycles. The number of pyridine rings is 1. The van der Waals surface area contributed by atoms with Gasteiger partial charge in [-0.3, -0.25) is 4.98 Å². The van der Waals surface area contributed by atoms with Gasteiger partial charge in [-0.2, -0.15) is 0 Å². The quantitative estimate of drug-likeness (QED) is 0.246. The molecule has 8 heteroatoms. The number of halogens is 3. The van der Waals surface area contributed by atoms with Gasteiger partial charge in [-0.1, -0.05) is 45.2 Å². The van der Waals surface area contributed by atoms with Gasteiger partial charge in [-0.25, -0.2) is 0 Å². The summed E-state index contributed by atoms with van der Waals surface area (Å²) in [7, 11) is 0. The maximum absolute atomic E-state index is 6.62. The zero-order valence-corrected chi connectivity index (χ0v) is 23.3. The zero-order chi connectivity index (χ0) is 24.9. The van der Waals surface area contributed by atoms with Crippen LogP contribution in [0.5, 0.6) is 0 Å². The molecule has 2 aromatic carbocycles. The summed E-state index contributed by atoms with van der Waals surface area (Å²) in [5, 5.41) is 5.43. The molecule has 1 N–H and O–H groups in total. The molecular weight excluding hydrogens is 563 g/mol. The van der Waals surface area contributed by atoms with E-state index in [2.05, 4.69) is 80.7 Å². The molecule has 1 fully saturated rings. The Morgan fingerprint density at radius 2 is 1.80 bits per heavy atom. The average molecular weight is 586 g/mol. The van der Waals surface area contributed by atoms with E-state index in [-0.39, 0.29) is 12.1 Å². The smallest absolute Gasteiger partial charge is 0.174 e. The summed E-state index contributed by atoms with van der Waals surface area (Å²) in [6, 6.07) is 19.9. The largest absolute Gasteiger partial charge is 0.351 e. The van der Waals surface area contributed by atoms with E-state index >= 15 is 0 Å². The summed E-state index contributed by atoms with van der Waals surface area (Å²) in [6.45, 7) is 6.29. The van der Waals surface area contributed by atoms with Crippen molar-refractivity contribution < 1.29 is 0 Å². The van der Waals surface area contributed by atoms with Gasteiger partial charge >= 0.3 is 0 Å². The number of rotatable bonds is 4. The normalized spacial score (nSPS) is 17.7. The molecule has 178 valence electrons. The molecule has 0 aliphatic carbocycles. The summed E-state index contributed by atoms with van der Waals surface area (Å²) < 4.78 is 3.24. The summed E-state index contributed by atoms with van der Waals surface area (Å²) in [5.41, 5.74) is 7.31. The number of benzene rings is 2. The van der Waals surface area contributed by atoms with E-state index < -0.39 is 0 Å². The monoisotopic (exact) mass is 584 g/mol. The van der Waals surface area contributed by atoms with Crippen molar-refractivity contribution >= 4 is 62.1 Å². The maximum Gasteiger partial charge on any atom is 0.174 e. The number of aryl methyl sites for hydroxylation is 2. The first kappa shape index (κ1) is 24.3. The van der Waals surface area contributed by atoms with Gasteiger partial charge in [0.1, 0.15) is 0 Å². The number of aromatic nitrogens is 2. The number of anilines is 1. The molecule has 0 spiro atoms. The van der Waals surface area contributed by atoms with Crippen LogP contribution < -0.4 is 10.2 Å². The number of nitrogens with zero attached hydrogens (tertiary/aromatic N) is 3. The van der Waals surface area contributed by atoms with Crippen LogP contribution in [0.25, 0.3) is 5.69 Å². The van der Waals surface area contributed by atoms with Crippen LogP contribution in [0.4, 0.5) is 5.69 Å². The van der Waals surface area contributed by atoms with Crippen molar-refractivity contribution in [3.63, 3.8) is 0 Å². The first-order valence-electron chi connectivity index (χ1n) is 11.2. The standard InChI is InChI=1S/C27H23BrCl2N4S/c1-15-12-19(8-9-21(15)28)34-26(25(32-27(34)35)23-6-4-5-11-31-23)20-13-16(2)33(17(20)3)24-10-7-18(29)14-22(24)30/h4-14,25-26H,1-3H3,(H,32,35)/t25-,26-/m1/s1. The van der Waals surface area contributed by atoms with Crippen molar-refractivity contribution in [2.75, 3.05) is 4.90 Å². The van der Waals surface area contributed by atoms with Gasteiger partial charge in [-0.15, -0.1) is 0 Å². The minimum Gasteiger partial charge on any atom is -0.351 e. The molecule has 35 heavy (non-hydrogen) atoms. The van der Waals surface area contributed by atoms with E-state index in [1.165, 1.54) is 0 Å². The van der Waals surface area contributed by atoms with E-state index in [1.54, 1.807) is 6.07 Å². The molecule has 2 aromatic heterocycles. The Balaban J connectivity index is 1.70. The fourth-order valence-corrected chi connectivity index (χ4v) is 5.93. The van der Waals surface area contributed by atoms with Crippen LogP contribution in [0, 0.1) is 20.8 Å². The molecule has 0 radical (unpaired) electrons. The molecule has 0 saturated carbocycles. The SMILES string of the molecule is Cc1cc(N2C(=S)N[C@H](c3ccccn3)[C@H]2c2cc(C)n(-c3ccc(Cl)cc3Cl)c2C)ccc1Br. The van der Waals surface area contributed by atoms with E-state index in [1.807, 2.05) is 36.5 Å². The molecule has 4 aromatic rings. The Hall–Kier alpha value is -2.38. The highest BCUT2D eigenvalue weighted by molar-refractivity contribution is 9.10. The minimum atomic E-state index is -0.123. The van der Waals surface area contributed by atoms with Gasteiger partial charge in [0.15, 0.2) is 5.11 Å². The van der Waals surface area contributed by atoms with E-state index in [4.69, 9.17) is 35.4 Å². The predicted molar refractivity (Wildman–Crippen MR) is 152 cm³/mol. The second kappa shape index (κ2) is 9.58. The summed E-state index contributed by atoms with van der Waals surface area (Å²) in [4.78, 5) is 6.87. The minimum absolute atomic E-state index is 0.107. The van der Waals surface area contributed by atoms with Crippen molar-refractivity contribution in [1.82, 2.24) is 14.9 Å². The Morgan fingerprint density at radius 3 is 2.49 bits per heavy atom.